The third-order valence-corrected chi connectivity index (χ3v) is 4.43. The lowest BCUT2D eigenvalue weighted by molar-refractivity contribution is -0.129. The van der Waals surface area contributed by atoms with E-state index in [9.17, 15) is 4.79 Å². The summed E-state index contributed by atoms with van der Waals surface area (Å²) >= 11 is 1.57. The van der Waals surface area contributed by atoms with Crippen molar-refractivity contribution in [2.45, 2.75) is 30.3 Å². The van der Waals surface area contributed by atoms with Crippen LogP contribution in [0, 0.1) is 0 Å². The van der Waals surface area contributed by atoms with Crippen LogP contribution in [0.1, 0.15) is 18.4 Å². The Morgan fingerprint density at radius 3 is 2.81 bits per heavy atom. The number of hydrogen-bond donors (Lipinski definition) is 0. The van der Waals surface area contributed by atoms with Crippen LogP contribution in [0.15, 0.2) is 41.8 Å². The van der Waals surface area contributed by atoms with Crippen LogP contribution >= 0.6 is 11.8 Å². The molecule has 0 radical (unpaired) electrons. The zero-order chi connectivity index (χ0) is 14.7. The summed E-state index contributed by atoms with van der Waals surface area (Å²) in [5.74, 6) is 0.670. The van der Waals surface area contributed by atoms with Crippen molar-refractivity contribution in [1.29, 1.82) is 0 Å². The van der Waals surface area contributed by atoms with Crippen molar-refractivity contribution in [2.24, 2.45) is 7.05 Å². The number of aromatic nitrogens is 3. The molecule has 1 fully saturated rings. The van der Waals surface area contributed by atoms with Crippen molar-refractivity contribution in [3.8, 4) is 0 Å². The maximum absolute atomic E-state index is 12.5. The summed E-state index contributed by atoms with van der Waals surface area (Å²) in [5, 5.41) is 4.17. The largest absolute Gasteiger partial charge is 0.335 e. The second kappa shape index (κ2) is 6.30. The molecule has 110 valence electrons. The predicted molar refractivity (Wildman–Crippen MR) is 81.7 cm³/mol. The average molecular weight is 302 g/mol. The molecule has 0 N–H and O–H groups in total. The van der Waals surface area contributed by atoms with Crippen LogP contribution in [-0.2, 0) is 18.4 Å². The standard InChI is InChI=1S/C15H18N4OS/c1-18-9-12(8-17-18)10-19(13-2-3-13)15(20)11-21-14-4-6-16-7-5-14/h4-9,13H,2-3,10-11H2,1H3. The Hall–Kier alpha value is -1.82. The minimum Gasteiger partial charge on any atom is -0.335 e. The molecule has 5 nitrogen and oxygen atoms in total. The fraction of sp³-hybridized carbons (Fsp3) is 0.400. The van der Waals surface area contributed by atoms with E-state index in [1.807, 2.05) is 36.5 Å². The second-order valence-electron chi connectivity index (χ2n) is 5.25. The first-order chi connectivity index (χ1) is 10.2. The lowest BCUT2D eigenvalue weighted by Gasteiger charge is -2.21. The number of rotatable bonds is 6. The van der Waals surface area contributed by atoms with Gasteiger partial charge >= 0.3 is 0 Å². The first-order valence-corrected chi connectivity index (χ1v) is 8.01. The van der Waals surface area contributed by atoms with Crippen LogP contribution in [-0.4, -0.2) is 37.4 Å². The van der Waals surface area contributed by atoms with E-state index in [4.69, 9.17) is 0 Å². The summed E-state index contributed by atoms with van der Waals surface area (Å²) in [6.07, 6.45) is 9.54. The average Bonchev–Trinajstić information content (AvgIpc) is 3.26. The minimum atomic E-state index is 0.197. The molecule has 1 amide bonds. The number of amides is 1. The zero-order valence-corrected chi connectivity index (χ0v) is 12.8. The van der Waals surface area contributed by atoms with Crippen LogP contribution in [0.2, 0.25) is 0 Å². The van der Waals surface area contributed by atoms with E-state index in [1.165, 1.54) is 0 Å². The van der Waals surface area contributed by atoms with Gasteiger partial charge in [0.1, 0.15) is 0 Å². The van der Waals surface area contributed by atoms with Crippen LogP contribution < -0.4 is 0 Å². The van der Waals surface area contributed by atoms with E-state index in [2.05, 4.69) is 10.1 Å². The van der Waals surface area contributed by atoms with Gasteiger partial charge in [0.05, 0.1) is 11.9 Å². The van der Waals surface area contributed by atoms with Crippen molar-refractivity contribution in [3.05, 3.63) is 42.5 Å². The number of nitrogens with zero attached hydrogens (tertiary/aromatic N) is 4. The number of carbonyl (C=O) groups is 1. The molecule has 6 heteroatoms. The second-order valence-corrected chi connectivity index (χ2v) is 6.30. The van der Waals surface area contributed by atoms with Gasteiger partial charge in [0.2, 0.25) is 5.91 Å². The summed E-state index contributed by atoms with van der Waals surface area (Å²) < 4.78 is 1.77. The molecule has 1 saturated carbocycles. The molecule has 0 spiro atoms. The molecule has 3 rings (SSSR count). The first kappa shape index (κ1) is 14.1. The molecule has 0 atom stereocenters. The first-order valence-electron chi connectivity index (χ1n) is 7.02. The van der Waals surface area contributed by atoms with Crippen LogP contribution in [0.25, 0.3) is 0 Å². The Morgan fingerprint density at radius 2 is 2.19 bits per heavy atom. The Labute approximate surface area is 128 Å². The number of hydrogen-bond acceptors (Lipinski definition) is 4. The lowest BCUT2D eigenvalue weighted by atomic mass is 10.3. The van der Waals surface area contributed by atoms with Crippen molar-refractivity contribution in [3.63, 3.8) is 0 Å². The minimum absolute atomic E-state index is 0.197. The van der Waals surface area contributed by atoms with Crippen molar-refractivity contribution in [2.75, 3.05) is 5.75 Å². The van der Waals surface area contributed by atoms with Crippen LogP contribution in [0.3, 0.4) is 0 Å². The predicted octanol–water partition coefficient (Wildman–Crippen LogP) is 2.10. The van der Waals surface area contributed by atoms with Gasteiger partial charge in [0.15, 0.2) is 0 Å². The summed E-state index contributed by atoms with van der Waals surface area (Å²) in [6.45, 7) is 0.661. The smallest absolute Gasteiger partial charge is 0.233 e. The topological polar surface area (TPSA) is 51.0 Å². The third-order valence-electron chi connectivity index (χ3n) is 3.43. The van der Waals surface area contributed by atoms with Gasteiger partial charge in [-0.1, -0.05) is 0 Å². The normalized spacial score (nSPS) is 14.1. The maximum Gasteiger partial charge on any atom is 0.233 e. The van der Waals surface area contributed by atoms with E-state index >= 15 is 0 Å². The van der Waals surface area contributed by atoms with Gasteiger partial charge in [-0.15, -0.1) is 11.8 Å². The number of pyridine rings is 1. The summed E-state index contributed by atoms with van der Waals surface area (Å²) in [6, 6.07) is 4.27. The highest BCUT2D eigenvalue weighted by Gasteiger charge is 2.32. The molecule has 0 bridgehead atoms. The fourth-order valence-electron chi connectivity index (χ4n) is 2.22. The SMILES string of the molecule is Cn1cc(CN(C(=O)CSc2ccncc2)C2CC2)cn1. The molecule has 21 heavy (non-hydrogen) atoms. The molecular weight excluding hydrogens is 284 g/mol. The molecule has 1 aliphatic carbocycles. The number of thioether (sulfide) groups is 1. The van der Waals surface area contributed by atoms with Crippen LogP contribution in [0.5, 0.6) is 0 Å². The van der Waals surface area contributed by atoms with Gasteiger partial charge in [-0.3, -0.25) is 14.5 Å². The number of carbonyl (C=O) groups excluding carboxylic acids is 1. The van der Waals surface area contributed by atoms with E-state index in [0.717, 1.165) is 23.3 Å². The Kier molecular flexibility index (Phi) is 4.24. The van der Waals surface area contributed by atoms with Gasteiger partial charge in [0.25, 0.3) is 0 Å². The lowest BCUT2D eigenvalue weighted by Crippen LogP contribution is -2.33. The van der Waals surface area contributed by atoms with Gasteiger partial charge < -0.3 is 4.90 Å². The highest BCUT2D eigenvalue weighted by Crippen LogP contribution is 2.29. The highest BCUT2D eigenvalue weighted by molar-refractivity contribution is 8.00. The quantitative estimate of drug-likeness (QED) is 0.767. The third kappa shape index (κ3) is 3.85. The molecule has 1 aliphatic rings. The molecule has 0 aromatic carbocycles. The van der Waals surface area contributed by atoms with E-state index in [1.54, 1.807) is 28.8 Å². The van der Waals surface area contributed by atoms with Gasteiger partial charge in [-0.2, -0.15) is 5.10 Å². The zero-order valence-electron chi connectivity index (χ0n) is 12.0. The maximum atomic E-state index is 12.5. The van der Waals surface area contributed by atoms with E-state index in [-0.39, 0.29) is 5.91 Å². The van der Waals surface area contributed by atoms with Crippen molar-refractivity contribution < 1.29 is 4.79 Å². The molecule has 2 aromatic rings. The molecule has 2 aromatic heterocycles. The van der Waals surface area contributed by atoms with E-state index in [0.29, 0.717) is 18.3 Å². The Morgan fingerprint density at radius 1 is 1.43 bits per heavy atom. The molecule has 2 heterocycles. The summed E-state index contributed by atoms with van der Waals surface area (Å²) in [7, 11) is 1.89. The number of aryl methyl sites for hydroxylation is 1. The van der Waals surface area contributed by atoms with Crippen molar-refractivity contribution >= 4 is 17.7 Å². The molecule has 0 saturated heterocycles. The van der Waals surface area contributed by atoms with Gasteiger partial charge in [-0.05, 0) is 25.0 Å². The van der Waals surface area contributed by atoms with Gasteiger partial charge in [-0.25, -0.2) is 0 Å². The summed E-state index contributed by atoms with van der Waals surface area (Å²) in [5.41, 5.74) is 1.09. The van der Waals surface area contributed by atoms with Crippen LogP contribution in [0.4, 0.5) is 0 Å². The Balaban J connectivity index is 1.59. The van der Waals surface area contributed by atoms with E-state index < -0.39 is 0 Å². The highest BCUT2D eigenvalue weighted by atomic mass is 32.2. The summed E-state index contributed by atoms with van der Waals surface area (Å²) in [4.78, 5) is 19.5. The molecule has 0 unspecified atom stereocenters. The monoisotopic (exact) mass is 302 g/mol. The van der Waals surface area contributed by atoms with Crippen molar-refractivity contribution in [1.82, 2.24) is 19.7 Å². The molecular formula is C15H18N4OS. The van der Waals surface area contributed by atoms with Gasteiger partial charge in [0, 0.05) is 48.7 Å². The fourth-order valence-corrected chi connectivity index (χ4v) is 2.99. The Bertz CT molecular complexity index is 609. The molecule has 0 aliphatic heterocycles.